The summed E-state index contributed by atoms with van der Waals surface area (Å²) in [5.74, 6) is -1.44. The maximum Gasteiger partial charge on any atom is 0.308 e. The Morgan fingerprint density at radius 1 is 1.30 bits per heavy atom. The summed E-state index contributed by atoms with van der Waals surface area (Å²) in [6.07, 6.45) is 3.28. The van der Waals surface area contributed by atoms with Crippen LogP contribution >= 0.6 is 22.6 Å². The fraction of sp³-hybridized carbons (Fsp3) is 0.467. The van der Waals surface area contributed by atoms with Gasteiger partial charge in [0.15, 0.2) is 0 Å². The number of aliphatic carboxylic acids is 1. The first-order valence-electron chi connectivity index (χ1n) is 6.79. The Balaban J connectivity index is 2.14. The lowest BCUT2D eigenvalue weighted by molar-refractivity contribution is -0.143. The van der Waals surface area contributed by atoms with Crippen LogP contribution in [0, 0.1) is 16.4 Å². The van der Waals surface area contributed by atoms with Crippen LogP contribution in [-0.2, 0) is 4.79 Å². The monoisotopic (exact) mass is 387 g/mol. The number of nitrogens with one attached hydrogen (secondary N) is 1. The Labute approximate surface area is 132 Å². The third kappa shape index (κ3) is 3.31. The van der Waals surface area contributed by atoms with Crippen molar-refractivity contribution < 1.29 is 14.7 Å². The molecule has 1 saturated carbocycles. The second kappa shape index (κ2) is 6.56. The van der Waals surface area contributed by atoms with Crippen molar-refractivity contribution in [2.75, 3.05) is 0 Å². The lowest BCUT2D eigenvalue weighted by Crippen LogP contribution is -2.45. The van der Waals surface area contributed by atoms with Gasteiger partial charge in [0.2, 0.25) is 0 Å². The van der Waals surface area contributed by atoms with Gasteiger partial charge in [-0.1, -0.05) is 25.0 Å². The Morgan fingerprint density at radius 2 is 2.00 bits per heavy atom. The molecule has 4 nitrogen and oxygen atoms in total. The van der Waals surface area contributed by atoms with Crippen molar-refractivity contribution in [2.45, 2.75) is 38.6 Å². The number of rotatable bonds is 3. The van der Waals surface area contributed by atoms with E-state index in [1.54, 1.807) is 6.07 Å². The van der Waals surface area contributed by atoms with E-state index in [0.29, 0.717) is 12.0 Å². The van der Waals surface area contributed by atoms with Crippen molar-refractivity contribution in [3.05, 3.63) is 32.9 Å². The topological polar surface area (TPSA) is 66.4 Å². The minimum atomic E-state index is -0.811. The van der Waals surface area contributed by atoms with Crippen molar-refractivity contribution >= 4 is 34.5 Å². The Morgan fingerprint density at radius 3 is 2.70 bits per heavy atom. The summed E-state index contributed by atoms with van der Waals surface area (Å²) in [6.45, 7) is 1.96. The van der Waals surface area contributed by atoms with Crippen LogP contribution in [0.4, 0.5) is 0 Å². The van der Waals surface area contributed by atoms with E-state index in [0.717, 1.165) is 28.4 Å². The summed E-state index contributed by atoms with van der Waals surface area (Å²) in [7, 11) is 0. The predicted molar refractivity (Wildman–Crippen MR) is 84.7 cm³/mol. The highest BCUT2D eigenvalue weighted by Gasteiger charge is 2.32. The number of carboxylic acid groups (broad SMARTS) is 1. The zero-order valence-corrected chi connectivity index (χ0v) is 13.5. The first-order valence-corrected chi connectivity index (χ1v) is 7.87. The van der Waals surface area contributed by atoms with Crippen LogP contribution in [0.1, 0.15) is 41.6 Å². The predicted octanol–water partition coefficient (Wildman–Crippen LogP) is 2.97. The zero-order valence-electron chi connectivity index (χ0n) is 11.4. The van der Waals surface area contributed by atoms with E-state index < -0.39 is 11.9 Å². The van der Waals surface area contributed by atoms with Crippen LogP contribution in [0.15, 0.2) is 18.2 Å². The van der Waals surface area contributed by atoms with Gasteiger partial charge in [-0.15, -0.1) is 0 Å². The summed E-state index contributed by atoms with van der Waals surface area (Å²) in [6, 6.07) is 5.33. The molecule has 1 aliphatic carbocycles. The molecule has 0 spiro atoms. The average Bonchev–Trinajstić information content (AvgIpc) is 2.42. The average molecular weight is 387 g/mol. The summed E-state index contributed by atoms with van der Waals surface area (Å²) in [4.78, 5) is 23.6. The number of carbonyl (C=O) groups is 2. The maximum atomic E-state index is 12.3. The Hall–Kier alpha value is -1.11. The van der Waals surface area contributed by atoms with Crippen molar-refractivity contribution in [3.8, 4) is 0 Å². The number of amides is 1. The molecule has 0 heterocycles. The van der Waals surface area contributed by atoms with Crippen LogP contribution in [0.3, 0.4) is 0 Å². The van der Waals surface area contributed by atoms with Crippen molar-refractivity contribution in [1.82, 2.24) is 5.32 Å². The number of hydrogen-bond acceptors (Lipinski definition) is 2. The summed E-state index contributed by atoms with van der Waals surface area (Å²) < 4.78 is 0.922. The Bertz CT molecular complexity index is 530. The lowest BCUT2D eigenvalue weighted by atomic mass is 9.84. The molecule has 2 rings (SSSR count). The molecule has 2 atom stereocenters. The van der Waals surface area contributed by atoms with Gasteiger partial charge in [0.05, 0.1) is 11.5 Å². The molecule has 1 aliphatic rings. The molecule has 0 saturated heterocycles. The zero-order chi connectivity index (χ0) is 14.7. The van der Waals surface area contributed by atoms with Gasteiger partial charge < -0.3 is 10.4 Å². The molecule has 1 fully saturated rings. The summed E-state index contributed by atoms with van der Waals surface area (Å²) in [5, 5.41) is 12.1. The molecular formula is C15H18INO3. The first kappa shape index (κ1) is 15.3. The fourth-order valence-corrected chi connectivity index (χ4v) is 3.27. The van der Waals surface area contributed by atoms with E-state index in [2.05, 4.69) is 27.9 Å². The van der Waals surface area contributed by atoms with Gasteiger partial charge in [-0.25, -0.2) is 0 Å². The van der Waals surface area contributed by atoms with Gasteiger partial charge in [0.1, 0.15) is 0 Å². The van der Waals surface area contributed by atoms with E-state index in [1.807, 2.05) is 19.1 Å². The van der Waals surface area contributed by atoms with Gasteiger partial charge in [-0.2, -0.15) is 0 Å². The summed E-state index contributed by atoms with van der Waals surface area (Å²) >= 11 is 2.16. The number of benzene rings is 1. The number of carbonyl (C=O) groups excluding carboxylic acids is 1. The van der Waals surface area contributed by atoms with E-state index in [9.17, 15) is 14.7 Å². The number of aryl methyl sites for hydroxylation is 1. The molecule has 1 aromatic rings. The minimum Gasteiger partial charge on any atom is -0.481 e. The number of hydrogen-bond donors (Lipinski definition) is 2. The van der Waals surface area contributed by atoms with E-state index >= 15 is 0 Å². The highest BCUT2D eigenvalue weighted by atomic mass is 127. The van der Waals surface area contributed by atoms with Gasteiger partial charge >= 0.3 is 5.97 Å². The molecule has 1 amide bonds. The van der Waals surface area contributed by atoms with Crippen LogP contribution in [0.2, 0.25) is 0 Å². The molecule has 2 N–H and O–H groups in total. The molecule has 0 aliphatic heterocycles. The maximum absolute atomic E-state index is 12.3. The molecule has 108 valence electrons. The smallest absolute Gasteiger partial charge is 0.308 e. The van der Waals surface area contributed by atoms with Crippen LogP contribution in [-0.4, -0.2) is 23.0 Å². The van der Waals surface area contributed by atoms with E-state index in [4.69, 9.17) is 0 Å². The van der Waals surface area contributed by atoms with Gasteiger partial charge in [0, 0.05) is 9.61 Å². The van der Waals surface area contributed by atoms with Gasteiger partial charge in [-0.05, 0) is 54.0 Å². The second-order valence-electron chi connectivity index (χ2n) is 5.25. The molecule has 0 radical (unpaired) electrons. The molecule has 1 aromatic carbocycles. The molecule has 20 heavy (non-hydrogen) atoms. The highest BCUT2D eigenvalue weighted by molar-refractivity contribution is 14.1. The minimum absolute atomic E-state index is 0.170. The number of halogens is 1. The largest absolute Gasteiger partial charge is 0.481 e. The lowest BCUT2D eigenvalue weighted by Gasteiger charge is -2.29. The molecule has 0 aromatic heterocycles. The molecule has 5 heteroatoms. The third-order valence-electron chi connectivity index (χ3n) is 3.84. The van der Waals surface area contributed by atoms with Crippen molar-refractivity contribution in [2.24, 2.45) is 5.92 Å². The normalized spacial score (nSPS) is 22.3. The molecular weight excluding hydrogens is 369 g/mol. The van der Waals surface area contributed by atoms with E-state index in [1.165, 1.54) is 0 Å². The van der Waals surface area contributed by atoms with Crippen molar-refractivity contribution in [3.63, 3.8) is 0 Å². The van der Waals surface area contributed by atoms with E-state index in [-0.39, 0.29) is 11.9 Å². The molecule has 0 bridgehead atoms. The van der Waals surface area contributed by atoms with Crippen LogP contribution in [0.25, 0.3) is 0 Å². The van der Waals surface area contributed by atoms with Crippen LogP contribution < -0.4 is 5.32 Å². The highest BCUT2D eigenvalue weighted by Crippen LogP contribution is 2.25. The second-order valence-corrected chi connectivity index (χ2v) is 6.32. The van der Waals surface area contributed by atoms with Gasteiger partial charge in [0.25, 0.3) is 5.91 Å². The van der Waals surface area contributed by atoms with Gasteiger partial charge in [-0.3, -0.25) is 9.59 Å². The van der Waals surface area contributed by atoms with Crippen molar-refractivity contribution in [1.29, 1.82) is 0 Å². The SMILES string of the molecule is Cc1cccc(C(=O)NC2CCCCC2C(=O)O)c1I. The molecule has 2 unspecified atom stereocenters. The third-order valence-corrected chi connectivity index (χ3v) is 5.27. The fourth-order valence-electron chi connectivity index (χ4n) is 2.67. The quantitative estimate of drug-likeness (QED) is 0.784. The Kier molecular flexibility index (Phi) is 5.01. The standard InChI is InChI=1S/C15H18INO3/c1-9-5-4-7-11(13(9)16)14(18)17-12-8-3-2-6-10(12)15(19)20/h4-5,7,10,12H,2-3,6,8H2,1H3,(H,17,18)(H,19,20). The number of carboxylic acids is 1. The first-order chi connectivity index (χ1) is 9.50. The summed E-state index contributed by atoms with van der Waals surface area (Å²) in [5.41, 5.74) is 1.68. The van der Waals surface area contributed by atoms with Crippen LogP contribution in [0.5, 0.6) is 0 Å².